The van der Waals surface area contributed by atoms with Gasteiger partial charge in [0.2, 0.25) is 0 Å². The summed E-state index contributed by atoms with van der Waals surface area (Å²) in [6.07, 6.45) is 36.8. The van der Waals surface area contributed by atoms with E-state index < -0.39 is 0 Å². The second-order valence-corrected chi connectivity index (χ2v) is 10.1. The summed E-state index contributed by atoms with van der Waals surface area (Å²) in [6, 6.07) is 0. The minimum atomic E-state index is 0.968. The summed E-state index contributed by atoms with van der Waals surface area (Å²) >= 11 is 0. The molecule has 0 heterocycles. The first-order valence-corrected chi connectivity index (χ1v) is 14.3. The first-order chi connectivity index (χ1) is 14.3. The second-order valence-electron chi connectivity index (χ2n) is 10.1. The number of hydrogen-bond acceptors (Lipinski definition) is 0. The highest BCUT2D eigenvalue weighted by Gasteiger charge is 2.01. The summed E-state index contributed by atoms with van der Waals surface area (Å²) < 4.78 is 0. The van der Waals surface area contributed by atoms with Crippen LogP contribution in [0.5, 0.6) is 0 Å². The van der Waals surface area contributed by atoms with E-state index in [1.807, 2.05) is 0 Å². The molecule has 1 atom stereocenters. The fourth-order valence-corrected chi connectivity index (χ4v) is 4.62. The molecular formula is C29H60. The molecular weight excluding hydrogens is 348 g/mol. The van der Waals surface area contributed by atoms with Gasteiger partial charge in [-0.2, -0.15) is 0 Å². The lowest BCUT2D eigenvalue weighted by molar-refractivity contribution is 0.440. The summed E-state index contributed by atoms with van der Waals surface area (Å²) in [5.41, 5.74) is 0. The Hall–Kier alpha value is 0. The summed E-state index contributed by atoms with van der Waals surface area (Å²) in [7, 11) is 0. The lowest BCUT2D eigenvalue weighted by Crippen LogP contribution is -1.94. The van der Waals surface area contributed by atoms with Crippen LogP contribution < -0.4 is 0 Å². The van der Waals surface area contributed by atoms with Gasteiger partial charge in [0.15, 0.2) is 0 Å². The zero-order chi connectivity index (χ0) is 21.3. The van der Waals surface area contributed by atoms with Crippen LogP contribution in [0.4, 0.5) is 0 Å². The van der Waals surface area contributed by atoms with Gasteiger partial charge in [-0.1, -0.05) is 181 Å². The SMILES string of the molecule is CCCCCCCCCCCCCCCCCCCCCCCC(C)CCCC. The fraction of sp³-hybridized carbons (Fsp3) is 1.00. The predicted octanol–water partition coefficient (Wildman–Crippen LogP) is 11.4. The minimum Gasteiger partial charge on any atom is -0.0654 e. The van der Waals surface area contributed by atoms with E-state index in [9.17, 15) is 0 Å². The molecule has 0 aromatic rings. The molecule has 0 amide bonds. The van der Waals surface area contributed by atoms with Crippen molar-refractivity contribution in [1.82, 2.24) is 0 Å². The van der Waals surface area contributed by atoms with Gasteiger partial charge in [-0.15, -0.1) is 0 Å². The van der Waals surface area contributed by atoms with Gasteiger partial charge in [-0.3, -0.25) is 0 Å². The lowest BCUT2D eigenvalue weighted by Gasteiger charge is -2.10. The number of hydrogen-bond donors (Lipinski definition) is 0. The molecule has 0 spiro atoms. The highest BCUT2D eigenvalue weighted by atomic mass is 14.1. The minimum absolute atomic E-state index is 0.968. The van der Waals surface area contributed by atoms with Gasteiger partial charge in [0.25, 0.3) is 0 Å². The van der Waals surface area contributed by atoms with Crippen molar-refractivity contribution in [3.8, 4) is 0 Å². The van der Waals surface area contributed by atoms with Crippen LogP contribution in [0.25, 0.3) is 0 Å². The van der Waals surface area contributed by atoms with Gasteiger partial charge in [0.1, 0.15) is 0 Å². The van der Waals surface area contributed by atoms with Crippen LogP contribution in [0, 0.1) is 5.92 Å². The maximum absolute atomic E-state index is 2.45. The van der Waals surface area contributed by atoms with E-state index in [4.69, 9.17) is 0 Å². The molecule has 29 heavy (non-hydrogen) atoms. The molecule has 0 radical (unpaired) electrons. The third-order valence-corrected chi connectivity index (χ3v) is 6.85. The van der Waals surface area contributed by atoms with Gasteiger partial charge in [0.05, 0.1) is 0 Å². The largest absolute Gasteiger partial charge is 0.0654 e. The molecule has 0 saturated heterocycles. The molecule has 0 N–H and O–H groups in total. The Morgan fingerprint density at radius 1 is 0.310 bits per heavy atom. The Morgan fingerprint density at radius 2 is 0.552 bits per heavy atom. The zero-order valence-electron chi connectivity index (χ0n) is 21.3. The summed E-state index contributed by atoms with van der Waals surface area (Å²) in [6.45, 7) is 7.07. The molecule has 0 heteroatoms. The van der Waals surface area contributed by atoms with Crippen LogP contribution in [-0.2, 0) is 0 Å². The van der Waals surface area contributed by atoms with E-state index >= 15 is 0 Å². The first-order valence-electron chi connectivity index (χ1n) is 14.3. The molecule has 0 aromatic carbocycles. The molecule has 176 valence electrons. The van der Waals surface area contributed by atoms with Crippen LogP contribution in [0.1, 0.15) is 181 Å². The number of rotatable bonds is 25. The van der Waals surface area contributed by atoms with E-state index in [0.29, 0.717) is 0 Å². The molecule has 0 aliphatic rings. The van der Waals surface area contributed by atoms with E-state index in [2.05, 4.69) is 20.8 Å². The standard InChI is InChI=1S/C29H60/c1-4-6-8-9-10-11-12-13-14-15-16-17-18-19-20-21-22-23-24-25-26-28-29(3)27-7-5-2/h29H,4-28H2,1-3H3. The molecule has 0 aromatic heterocycles. The molecule has 0 bridgehead atoms. The van der Waals surface area contributed by atoms with Crippen LogP contribution in [0.15, 0.2) is 0 Å². The van der Waals surface area contributed by atoms with Gasteiger partial charge in [-0.05, 0) is 5.92 Å². The quantitative estimate of drug-likeness (QED) is 0.132. The van der Waals surface area contributed by atoms with Gasteiger partial charge in [0, 0.05) is 0 Å². The molecule has 0 aliphatic heterocycles. The zero-order valence-corrected chi connectivity index (χ0v) is 21.3. The van der Waals surface area contributed by atoms with E-state index in [1.165, 1.54) is 161 Å². The van der Waals surface area contributed by atoms with Gasteiger partial charge < -0.3 is 0 Å². The van der Waals surface area contributed by atoms with Crippen LogP contribution in [0.3, 0.4) is 0 Å². The smallest absolute Gasteiger partial charge is 0.0443 e. The summed E-state index contributed by atoms with van der Waals surface area (Å²) in [5.74, 6) is 0.968. The van der Waals surface area contributed by atoms with Crippen LogP contribution in [-0.4, -0.2) is 0 Å². The molecule has 1 unspecified atom stereocenters. The fourth-order valence-electron chi connectivity index (χ4n) is 4.62. The Kier molecular flexibility index (Phi) is 26.0. The Balaban J connectivity index is 3.03. The monoisotopic (exact) mass is 408 g/mol. The second kappa shape index (κ2) is 26.0. The van der Waals surface area contributed by atoms with Crippen molar-refractivity contribution >= 4 is 0 Å². The molecule has 0 saturated carbocycles. The van der Waals surface area contributed by atoms with Crippen molar-refractivity contribution in [2.75, 3.05) is 0 Å². The summed E-state index contributed by atoms with van der Waals surface area (Å²) in [4.78, 5) is 0. The van der Waals surface area contributed by atoms with Crippen molar-refractivity contribution in [3.63, 3.8) is 0 Å². The van der Waals surface area contributed by atoms with Gasteiger partial charge in [-0.25, -0.2) is 0 Å². The highest BCUT2D eigenvalue weighted by Crippen LogP contribution is 2.18. The van der Waals surface area contributed by atoms with E-state index in [0.717, 1.165) is 5.92 Å². The van der Waals surface area contributed by atoms with E-state index in [-0.39, 0.29) is 0 Å². The Morgan fingerprint density at radius 3 is 0.862 bits per heavy atom. The third-order valence-electron chi connectivity index (χ3n) is 6.85. The molecule has 0 aliphatic carbocycles. The average Bonchev–Trinajstić information content (AvgIpc) is 2.73. The molecule has 0 nitrogen and oxygen atoms in total. The summed E-state index contributed by atoms with van der Waals surface area (Å²) in [5, 5.41) is 0. The average molecular weight is 409 g/mol. The van der Waals surface area contributed by atoms with Crippen molar-refractivity contribution in [1.29, 1.82) is 0 Å². The lowest BCUT2D eigenvalue weighted by atomic mass is 9.97. The Labute approximate surface area is 187 Å². The predicted molar refractivity (Wildman–Crippen MR) is 136 cm³/mol. The molecule has 0 fully saturated rings. The maximum Gasteiger partial charge on any atom is -0.0443 e. The van der Waals surface area contributed by atoms with Crippen molar-refractivity contribution < 1.29 is 0 Å². The first kappa shape index (κ1) is 29.0. The maximum atomic E-state index is 2.45. The molecule has 0 rings (SSSR count). The third kappa shape index (κ3) is 26.0. The van der Waals surface area contributed by atoms with Crippen LogP contribution in [0.2, 0.25) is 0 Å². The van der Waals surface area contributed by atoms with Crippen molar-refractivity contribution in [2.45, 2.75) is 181 Å². The van der Waals surface area contributed by atoms with Crippen LogP contribution >= 0.6 is 0 Å². The van der Waals surface area contributed by atoms with Crippen molar-refractivity contribution in [3.05, 3.63) is 0 Å². The number of unbranched alkanes of at least 4 members (excludes halogenated alkanes) is 21. The normalized spacial score (nSPS) is 12.5. The highest BCUT2D eigenvalue weighted by molar-refractivity contribution is 4.55. The topological polar surface area (TPSA) is 0 Å². The van der Waals surface area contributed by atoms with E-state index in [1.54, 1.807) is 0 Å². The van der Waals surface area contributed by atoms with Crippen molar-refractivity contribution in [2.24, 2.45) is 5.92 Å². The Bertz CT molecular complexity index is 269. The van der Waals surface area contributed by atoms with Gasteiger partial charge >= 0.3 is 0 Å².